The second kappa shape index (κ2) is 13.3. The SMILES string of the molecule is CC(C)(C)OC(=O)NCC(=O)N1CCCN(c2nc(O)c(C(Cc3ccc(Cl)cc3C(F)(F)F)=c3ccc4c(c3)C=NN=4)s2)CC1. The summed E-state index contributed by atoms with van der Waals surface area (Å²) in [6, 6.07) is 8.87. The molecule has 15 heteroatoms. The Bertz CT molecular complexity index is 1800. The number of aromatic nitrogens is 1. The Kier molecular flexibility index (Phi) is 9.59. The molecule has 244 valence electrons. The standard InChI is InChI=1S/C31H32ClF3N6O4S/c1-30(2,3)45-29(44)36-17-25(42)40-9-4-10-41(12-11-40)28-38-27(43)26(46-28)22(18-6-8-24-20(13-18)16-37-39-24)14-19-5-7-21(32)15-23(19)31(33,34)35/h5-8,13,15-16,43H,4,9-12,14,17H2,1-3H3,(H,36,44). The first-order valence-electron chi connectivity index (χ1n) is 14.5. The van der Waals surface area contributed by atoms with Gasteiger partial charge in [0, 0.05) is 43.2 Å². The van der Waals surface area contributed by atoms with Gasteiger partial charge in [0.25, 0.3) is 0 Å². The first kappa shape index (κ1) is 33.2. The summed E-state index contributed by atoms with van der Waals surface area (Å²) in [5, 5.41) is 23.2. The summed E-state index contributed by atoms with van der Waals surface area (Å²) in [4.78, 5) is 33.1. The fourth-order valence-corrected chi connectivity index (χ4v) is 6.37. The van der Waals surface area contributed by atoms with Gasteiger partial charge < -0.3 is 25.0 Å². The van der Waals surface area contributed by atoms with Gasteiger partial charge in [0.1, 0.15) is 12.1 Å². The van der Waals surface area contributed by atoms with Crippen molar-refractivity contribution in [3.63, 3.8) is 0 Å². The number of thiazole rings is 1. The highest BCUT2D eigenvalue weighted by molar-refractivity contribution is 7.17. The van der Waals surface area contributed by atoms with Crippen LogP contribution in [0.15, 0.2) is 46.6 Å². The number of aromatic hydroxyl groups is 1. The van der Waals surface area contributed by atoms with Crippen molar-refractivity contribution in [2.45, 2.75) is 45.4 Å². The van der Waals surface area contributed by atoms with Crippen LogP contribution >= 0.6 is 22.9 Å². The Balaban J connectivity index is 1.41. The molecule has 0 spiro atoms. The van der Waals surface area contributed by atoms with Crippen LogP contribution in [0.4, 0.5) is 23.1 Å². The molecule has 0 unspecified atom stereocenters. The van der Waals surface area contributed by atoms with Gasteiger partial charge in [-0.2, -0.15) is 28.4 Å². The molecule has 0 saturated carbocycles. The first-order chi connectivity index (χ1) is 21.7. The molecule has 0 radical (unpaired) electrons. The zero-order valence-electron chi connectivity index (χ0n) is 25.3. The Morgan fingerprint density at radius 1 is 1.09 bits per heavy atom. The van der Waals surface area contributed by atoms with E-state index in [-0.39, 0.29) is 35.3 Å². The highest BCUT2D eigenvalue weighted by Crippen LogP contribution is 2.39. The van der Waals surface area contributed by atoms with E-state index in [0.29, 0.717) is 64.3 Å². The van der Waals surface area contributed by atoms with Crippen LogP contribution in [0.1, 0.15) is 48.8 Å². The molecule has 1 saturated heterocycles. The molecule has 2 aliphatic rings. The number of amides is 2. The topological polar surface area (TPSA) is 120 Å². The zero-order valence-corrected chi connectivity index (χ0v) is 26.9. The summed E-state index contributed by atoms with van der Waals surface area (Å²) >= 11 is 7.10. The number of carbonyl (C=O) groups is 2. The van der Waals surface area contributed by atoms with Gasteiger partial charge in [-0.05, 0) is 67.8 Å². The molecule has 10 nitrogen and oxygen atoms in total. The van der Waals surface area contributed by atoms with Crippen LogP contribution in [0, 0.1) is 0 Å². The van der Waals surface area contributed by atoms with E-state index in [1.807, 2.05) is 4.90 Å². The average Bonchev–Trinajstić information content (AvgIpc) is 3.52. The fraction of sp³-hybridized carbons (Fsp3) is 0.387. The fourth-order valence-electron chi connectivity index (χ4n) is 5.13. The van der Waals surface area contributed by atoms with Crippen molar-refractivity contribution >= 4 is 51.9 Å². The number of hydrogen-bond donors (Lipinski definition) is 2. The lowest BCUT2D eigenvalue weighted by Crippen LogP contribution is -2.43. The van der Waals surface area contributed by atoms with Crippen LogP contribution < -0.4 is 20.8 Å². The summed E-state index contributed by atoms with van der Waals surface area (Å²) in [6.07, 6.45) is -3.33. The number of anilines is 1. The monoisotopic (exact) mass is 676 g/mol. The molecule has 0 atom stereocenters. The van der Waals surface area contributed by atoms with Crippen molar-refractivity contribution in [3.05, 3.63) is 73.6 Å². The number of rotatable bonds is 6. The molecule has 2 N–H and O–H groups in total. The molecule has 0 bridgehead atoms. The lowest BCUT2D eigenvalue weighted by molar-refractivity contribution is -0.138. The van der Waals surface area contributed by atoms with Gasteiger partial charge in [0.2, 0.25) is 11.8 Å². The van der Waals surface area contributed by atoms with E-state index in [1.165, 1.54) is 12.1 Å². The minimum absolute atomic E-state index is 0.0102. The normalized spacial score (nSPS) is 15.6. The zero-order chi connectivity index (χ0) is 33.2. The number of carbonyl (C=O) groups excluding carboxylic acids is 2. The number of benzene rings is 2. The van der Waals surface area contributed by atoms with Crippen LogP contribution in [0.5, 0.6) is 5.88 Å². The number of ether oxygens (including phenoxy) is 1. The van der Waals surface area contributed by atoms with Gasteiger partial charge in [-0.1, -0.05) is 35.1 Å². The maximum atomic E-state index is 14.1. The largest absolute Gasteiger partial charge is 0.492 e. The van der Waals surface area contributed by atoms with E-state index < -0.39 is 23.4 Å². The number of alkyl halides is 3. The highest BCUT2D eigenvalue weighted by atomic mass is 35.5. The summed E-state index contributed by atoms with van der Waals surface area (Å²) in [5.74, 6) is -0.573. The first-order valence-corrected chi connectivity index (χ1v) is 15.7. The molecule has 2 aromatic carbocycles. The maximum Gasteiger partial charge on any atom is 0.416 e. The summed E-state index contributed by atoms with van der Waals surface area (Å²) in [7, 11) is 0. The van der Waals surface area contributed by atoms with Crippen molar-refractivity contribution < 1.29 is 32.6 Å². The molecular weight excluding hydrogens is 645 g/mol. The third-order valence-corrected chi connectivity index (χ3v) is 8.66. The number of halogens is 4. The lowest BCUT2D eigenvalue weighted by atomic mass is 9.96. The van der Waals surface area contributed by atoms with Gasteiger partial charge in [-0.25, -0.2) is 4.79 Å². The summed E-state index contributed by atoms with van der Waals surface area (Å²) < 4.78 is 47.3. The van der Waals surface area contributed by atoms with Crippen LogP contribution in [0.25, 0.3) is 5.57 Å². The second-order valence-electron chi connectivity index (χ2n) is 11.8. The minimum atomic E-state index is -4.65. The van der Waals surface area contributed by atoms with E-state index in [1.54, 1.807) is 50.1 Å². The van der Waals surface area contributed by atoms with Gasteiger partial charge >= 0.3 is 12.3 Å². The van der Waals surface area contributed by atoms with Gasteiger partial charge in [-0.3, -0.25) is 4.79 Å². The Morgan fingerprint density at radius 2 is 1.87 bits per heavy atom. The molecule has 5 rings (SSSR count). The molecular formula is C31H32ClF3N6O4S. The van der Waals surface area contributed by atoms with E-state index in [0.717, 1.165) is 17.4 Å². The lowest BCUT2D eigenvalue weighted by Gasteiger charge is -2.23. The predicted octanol–water partition coefficient (Wildman–Crippen LogP) is 4.49. The van der Waals surface area contributed by atoms with Gasteiger partial charge in [-0.15, -0.1) is 0 Å². The molecule has 0 aliphatic carbocycles. The Hall–Kier alpha value is -4.17. The van der Waals surface area contributed by atoms with Crippen molar-refractivity contribution in [3.8, 4) is 5.88 Å². The van der Waals surface area contributed by atoms with E-state index in [4.69, 9.17) is 16.3 Å². The Morgan fingerprint density at radius 3 is 2.61 bits per heavy atom. The van der Waals surface area contributed by atoms with Crippen molar-refractivity contribution in [1.29, 1.82) is 0 Å². The maximum absolute atomic E-state index is 14.1. The van der Waals surface area contributed by atoms with E-state index >= 15 is 0 Å². The van der Waals surface area contributed by atoms with Crippen molar-refractivity contribution in [1.82, 2.24) is 15.2 Å². The molecule has 3 heterocycles. The Labute approximate surface area is 271 Å². The van der Waals surface area contributed by atoms with Gasteiger partial charge in [0.05, 0.1) is 22.0 Å². The quantitative estimate of drug-likeness (QED) is 0.397. The van der Waals surface area contributed by atoms with Crippen molar-refractivity contribution in [2.24, 2.45) is 10.2 Å². The van der Waals surface area contributed by atoms with Crippen LogP contribution in [-0.4, -0.2) is 71.5 Å². The smallest absolute Gasteiger partial charge is 0.416 e. The minimum Gasteiger partial charge on any atom is -0.492 e. The van der Waals surface area contributed by atoms with Gasteiger partial charge in [0.15, 0.2) is 5.13 Å². The average molecular weight is 677 g/mol. The number of hydrogen-bond acceptors (Lipinski definition) is 9. The third kappa shape index (κ3) is 7.97. The second-order valence-corrected chi connectivity index (χ2v) is 13.2. The molecule has 2 aliphatic heterocycles. The number of fused-ring (bicyclic) bond motifs is 1. The third-order valence-electron chi connectivity index (χ3n) is 7.26. The molecule has 1 aromatic heterocycles. The summed E-state index contributed by atoms with van der Waals surface area (Å²) in [6.45, 7) is 6.69. The van der Waals surface area contributed by atoms with E-state index in [9.17, 15) is 27.9 Å². The highest BCUT2D eigenvalue weighted by Gasteiger charge is 2.34. The van der Waals surface area contributed by atoms with Crippen LogP contribution in [0.2, 0.25) is 5.02 Å². The summed E-state index contributed by atoms with van der Waals surface area (Å²) in [5.41, 5.74) is -0.421. The van der Waals surface area contributed by atoms with Crippen molar-refractivity contribution in [2.75, 3.05) is 37.6 Å². The molecule has 1 fully saturated rings. The number of alkyl carbamates (subject to hydrolysis) is 1. The van der Waals surface area contributed by atoms with E-state index in [2.05, 4.69) is 20.5 Å². The number of nitrogens with one attached hydrogen (secondary N) is 1. The number of nitrogens with zero attached hydrogens (tertiary/aromatic N) is 5. The van der Waals surface area contributed by atoms with Crippen LogP contribution in [-0.2, 0) is 22.1 Å². The molecule has 46 heavy (non-hydrogen) atoms. The predicted molar refractivity (Wildman–Crippen MR) is 169 cm³/mol. The molecule has 2 amide bonds. The molecule has 3 aromatic rings. The van der Waals surface area contributed by atoms with Crippen LogP contribution in [0.3, 0.4) is 0 Å².